The molecule has 1 N–H and O–H groups in total. The van der Waals surface area contributed by atoms with Gasteiger partial charge in [-0.2, -0.15) is 0 Å². The smallest absolute Gasteiger partial charge is 0.182 e. The molecule has 0 aromatic heterocycles. The molecule has 2 rings (SSSR count). The molecule has 0 saturated carbocycles. The second-order valence-corrected chi connectivity index (χ2v) is 5.92. The number of ketones is 1. The third-order valence-corrected chi connectivity index (χ3v) is 3.61. The monoisotopic (exact) mass is 345 g/mol. The average molecular weight is 345 g/mol. The van der Waals surface area contributed by atoms with Crippen molar-refractivity contribution in [2.75, 3.05) is 19.0 Å². The van der Waals surface area contributed by atoms with Crippen molar-refractivity contribution in [2.45, 2.75) is 0 Å². The summed E-state index contributed by atoms with van der Waals surface area (Å²) in [5.41, 5.74) is 3.15. The van der Waals surface area contributed by atoms with Crippen molar-refractivity contribution in [1.29, 1.82) is 0 Å². The van der Waals surface area contributed by atoms with Gasteiger partial charge in [0.2, 0.25) is 0 Å². The minimum absolute atomic E-state index is 0.0771. The van der Waals surface area contributed by atoms with Crippen LogP contribution in [0.5, 0.6) is 0 Å². The lowest BCUT2D eigenvalue weighted by Gasteiger charge is -2.11. The predicted molar refractivity (Wildman–Crippen MR) is 110 cm³/mol. The molecule has 0 bridgehead atoms. The van der Waals surface area contributed by atoms with Crippen LogP contribution in [0.15, 0.2) is 90.7 Å². The minimum Gasteiger partial charge on any atom is -0.508 e. The Morgan fingerprint density at radius 1 is 0.846 bits per heavy atom. The summed E-state index contributed by atoms with van der Waals surface area (Å²) in [6, 6.07) is 17.7. The van der Waals surface area contributed by atoms with Crippen molar-refractivity contribution in [3.8, 4) is 0 Å². The van der Waals surface area contributed by atoms with Crippen LogP contribution in [0.25, 0.3) is 12.2 Å². The lowest BCUT2D eigenvalue weighted by atomic mass is 10.2. The fourth-order valence-electron chi connectivity index (χ4n) is 2.19. The average Bonchev–Trinajstić information content (AvgIpc) is 2.65. The van der Waals surface area contributed by atoms with Crippen LogP contribution < -0.4 is 4.90 Å². The fraction of sp³-hybridized carbons (Fsp3) is 0.0870. The third kappa shape index (κ3) is 6.65. The maximum atomic E-state index is 11.8. The third-order valence-electron chi connectivity index (χ3n) is 3.61. The first-order valence-corrected chi connectivity index (χ1v) is 8.34. The highest BCUT2D eigenvalue weighted by Gasteiger charge is 1.94. The van der Waals surface area contributed by atoms with E-state index in [2.05, 4.69) is 0 Å². The number of aliphatic hydroxyl groups excluding tert-OH is 1. The topological polar surface area (TPSA) is 40.5 Å². The predicted octanol–water partition coefficient (Wildman–Crippen LogP) is 5.05. The Morgan fingerprint density at radius 3 is 2.15 bits per heavy atom. The molecule has 0 atom stereocenters. The van der Waals surface area contributed by atoms with E-state index < -0.39 is 0 Å². The van der Waals surface area contributed by atoms with Crippen molar-refractivity contribution in [3.63, 3.8) is 0 Å². The number of allylic oxidation sites excluding steroid dienone is 5. The Hall–Kier alpha value is -3.33. The first-order chi connectivity index (χ1) is 12.5. The summed E-state index contributed by atoms with van der Waals surface area (Å²) in [6.45, 7) is 0. The molecule has 26 heavy (non-hydrogen) atoms. The van der Waals surface area contributed by atoms with E-state index in [0.29, 0.717) is 0 Å². The SMILES string of the molecule is CN(C)c1ccc(/C=C/C=C/C(=O)/C=C(O)/C=C/c2ccccc2)cc1. The number of carbonyl (C=O) groups excluding carboxylic acids is 1. The first kappa shape index (κ1) is 19.0. The highest BCUT2D eigenvalue weighted by atomic mass is 16.3. The summed E-state index contributed by atoms with van der Waals surface area (Å²) in [5, 5.41) is 9.78. The molecule has 0 spiro atoms. The number of hydrogen-bond acceptors (Lipinski definition) is 3. The molecule has 0 amide bonds. The molecule has 2 aromatic carbocycles. The quantitative estimate of drug-likeness (QED) is 0.434. The molecule has 0 radical (unpaired) electrons. The van der Waals surface area contributed by atoms with Crippen molar-refractivity contribution < 1.29 is 9.90 Å². The molecule has 0 aliphatic heterocycles. The minimum atomic E-state index is -0.271. The molecule has 3 heteroatoms. The van der Waals surface area contributed by atoms with E-state index in [4.69, 9.17) is 0 Å². The largest absolute Gasteiger partial charge is 0.508 e. The van der Waals surface area contributed by atoms with Crippen LogP contribution >= 0.6 is 0 Å². The molecule has 0 aliphatic carbocycles. The molecule has 3 nitrogen and oxygen atoms in total. The Bertz CT molecular complexity index is 826. The first-order valence-electron chi connectivity index (χ1n) is 8.34. The molecule has 0 fully saturated rings. The molecule has 0 heterocycles. The fourth-order valence-corrected chi connectivity index (χ4v) is 2.19. The number of rotatable bonds is 7. The van der Waals surface area contributed by atoms with E-state index in [1.807, 2.05) is 79.7 Å². The van der Waals surface area contributed by atoms with E-state index in [1.54, 1.807) is 18.2 Å². The number of aliphatic hydroxyl groups is 1. The van der Waals surface area contributed by atoms with Crippen LogP contribution in [-0.2, 0) is 4.79 Å². The molecular formula is C23H23NO2. The van der Waals surface area contributed by atoms with Crippen LogP contribution in [0, 0.1) is 0 Å². The van der Waals surface area contributed by atoms with Gasteiger partial charge >= 0.3 is 0 Å². The number of benzene rings is 2. The van der Waals surface area contributed by atoms with Gasteiger partial charge in [0.1, 0.15) is 5.76 Å². The Kier molecular flexibility index (Phi) is 7.19. The molecular weight excluding hydrogens is 322 g/mol. The molecule has 0 unspecified atom stereocenters. The van der Waals surface area contributed by atoms with Crippen molar-refractivity contribution in [1.82, 2.24) is 0 Å². The van der Waals surface area contributed by atoms with Gasteiger partial charge in [-0.1, -0.05) is 66.8 Å². The second kappa shape index (κ2) is 9.84. The van der Waals surface area contributed by atoms with Gasteiger partial charge in [0.25, 0.3) is 0 Å². The Balaban J connectivity index is 1.88. The number of hydrogen-bond donors (Lipinski definition) is 1. The van der Waals surface area contributed by atoms with E-state index >= 15 is 0 Å². The van der Waals surface area contributed by atoms with Gasteiger partial charge in [0.05, 0.1) is 0 Å². The van der Waals surface area contributed by atoms with E-state index in [1.165, 1.54) is 18.2 Å². The summed E-state index contributed by atoms with van der Waals surface area (Å²) in [7, 11) is 3.99. The van der Waals surface area contributed by atoms with Crippen LogP contribution in [0.3, 0.4) is 0 Å². The lowest BCUT2D eigenvalue weighted by molar-refractivity contribution is -0.110. The highest BCUT2D eigenvalue weighted by molar-refractivity contribution is 6.00. The number of nitrogens with zero attached hydrogens (tertiary/aromatic N) is 1. The van der Waals surface area contributed by atoms with Gasteiger partial charge in [-0.3, -0.25) is 4.79 Å². The van der Waals surface area contributed by atoms with E-state index in [9.17, 15) is 9.90 Å². The van der Waals surface area contributed by atoms with Gasteiger partial charge in [0, 0.05) is 25.9 Å². The van der Waals surface area contributed by atoms with Gasteiger partial charge in [-0.05, 0) is 35.4 Å². The number of anilines is 1. The maximum absolute atomic E-state index is 11.8. The highest BCUT2D eigenvalue weighted by Crippen LogP contribution is 2.13. The molecule has 2 aromatic rings. The summed E-state index contributed by atoms with van der Waals surface area (Å²) in [6.07, 6.45) is 11.2. The zero-order valence-electron chi connectivity index (χ0n) is 15.0. The molecule has 0 saturated heterocycles. The van der Waals surface area contributed by atoms with Gasteiger partial charge in [-0.15, -0.1) is 0 Å². The van der Waals surface area contributed by atoms with Crippen molar-refractivity contribution >= 4 is 23.6 Å². The van der Waals surface area contributed by atoms with Gasteiger partial charge in [0.15, 0.2) is 5.78 Å². The summed E-state index contributed by atoms with van der Waals surface area (Å²) in [4.78, 5) is 13.8. The van der Waals surface area contributed by atoms with Crippen LogP contribution in [0.4, 0.5) is 5.69 Å². The van der Waals surface area contributed by atoms with E-state index in [-0.39, 0.29) is 11.5 Å². The summed E-state index contributed by atoms with van der Waals surface area (Å²) >= 11 is 0. The normalized spacial score (nSPS) is 12.3. The molecule has 132 valence electrons. The Labute approximate surface area is 154 Å². The lowest BCUT2D eigenvalue weighted by Crippen LogP contribution is -2.07. The van der Waals surface area contributed by atoms with Crippen LogP contribution in [0.1, 0.15) is 11.1 Å². The molecule has 0 aliphatic rings. The van der Waals surface area contributed by atoms with Crippen LogP contribution in [0.2, 0.25) is 0 Å². The summed E-state index contributed by atoms with van der Waals surface area (Å²) in [5.74, 6) is -0.348. The van der Waals surface area contributed by atoms with E-state index in [0.717, 1.165) is 16.8 Å². The van der Waals surface area contributed by atoms with Gasteiger partial charge in [-0.25, -0.2) is 0 Å². The van der Waals surface area contributed by atoms with Crippen molar-refractivity contribution in [2.24, 2.45) is 0 Å². The zero-order valence-corrected chi connectivity index (χ0v) is 15.0. The van der Waals surface area contributed by atoms with Gasteiger partial charge < -0.3 is 10.0 Å². The van der Waals surface area contributed by atoms with Crippen LogP contribution in [-0.4, -0.2) is 25.0 Å². The number of carbonyl (C=O) groups is 1. The standard InChI is InChI=1S/C23H23NO2/c1-24(2)21-15-12-20(13-16-21)10-6-7-11-22(25)18-23(26)17-14-19-8-4-3-5-9-19/h3-18,26H,1-2H3/b10-6+,11-7+,17-14+,23-18-. The van der Waals surface area contributed by atoms with Crippen molar-refractivity contribution in [3.05, 3.63) is 102 Å². The Morgan fingerprint density at radius 2 is 1.50 bits per heavy atom. The summed E-state index contributed by atoms with van der Waals surface area (Å²) < 4.78 is 0. The maximum Gasteiger partial charge on any atom is 0.182 e. The zero-order chi connectivity index (χ0) is 18.8. The second-order valence-electron chi connectivity index (χ2n) is 5.92.